The summed E-state index contributed by atoms with van der Waals surface area (Å²) in [7, 11) is 0. The minimum atomic E-state index is 0.828. The summed E-state index contributed by atoms with van der Waals surface area (Å²) in [4.78, 5) is 0. The Kier molecular flexibility index (Phi) is 1.66. The van der Waals surface area contributed by atoms with E-state index < -0.39 is 0 Å². The molecule has 0 aliphatic carbocycles. The monoisotopic (exact) mass is 163 g/mol. The van der Waals surface area contributed by atoms with Gasteiger partial charge in [-0.3, -0.25) is 4.68 Å². The molecule has 2 rings (SSSR count). The molecule has 12 heavy (non-hydrogen) atoms. The topological polar surface area (TPSA) is 43.9 Å². The first-order valence-electron chi connectivity index (χ1n) is 3.83. The first-order valence-corrected chi connectivity index (χ1v) is 3.83. The summed E-state index contributed by atoms with van der Waals surface area (Å²) < 4.78 is 6.58. The van der Waals surface area contributed by atoms with Gasteiger partial charge in [-0.2, -0.15) is 5.10 Å². The van der Waals surface area contributed by atoms with E-state index in [2.05, 4.69) is 10.3 Å². The zero-order valence-corrected chi connectivity index (χ0v) is 6.77. The van der Waals surface area contributed by atoms with E-state index in [1.165, 1.54) is 0 Å². The van der Waals surface area contributed by atoms with Crippen molar-refractivity contribution >= 4 is 0 Å². The predicted octanol–water partition coefficient (Wildman–Crippen LogP) is 1.56. The normalized spacial score (nSPS) is 10.4. The molecule has 0 saturated heterocycles. The lowest BCUT2D eigenvalue weighted by Crippen LogP contribution is -1.91. The van der Waals surface area contributed by atoms with Gasteiger partial charge in [0.05, 0.1) is 6.20 Å². The van der Waals surface area contributed by atoms with E-state index in [-0.39, 0.29) is 0 Å². The second kappa shape index (κ2) is 2.81. The number of nitrogens with zero attached hydrogens (tertiary/aromatic N) is 3. The molecule has 4 heteroatoms. The van der Waals surface area contributed by atoms with Crippen LogP contribution in [-0.4, -0.2) is 14.9 Å². The van der Waals surface area contributed by atoms with Gasteiger partial charge in [0, 0.05) is 24.4 Å². The van der Waals surface area contributed by atoms with Crippen LogP contribution in [0.2, 0.25) is 0 Å². The Labute approximate surface area is 69.8 Å². The van der Waals surface area contributed by atoms with Crippen molar-refractivity contribution in [2.24, 2.45) is 0 Å². The standard InChI is InChI=1S/C8H9N3O/c1-2-11-6-7(5-9-11)8-3-4-12-10-8/h3-6H,2H2,1H3. The van der Waals surface area contributed by atoms with E-state index in [1.54, 1.807) is 12.5 Å². The Morgan fingerprint density at radius 1 is 1.58 bits per heavy atom. The highest BCUT2D eigenvalue weighted by Gasteiger charge is 2.02. The van der Waals surface area contributed by atoms with Crippen molar-refractivity contribution < 1.29 is 4.52 Å². The molecule has 0 fully saturated rings. The zero-order chi connectivity index (χ0) is 8.39. The molecule has 0 bridgehead atoms. The lowest BCUT2D eigenvalue weighted by molar-refractivity contribution is 0.422. The molecule has 62 valence electrons. The minimum absolute atomic E-state index is 0.828. The van der Waals surface area contributed by atoms with E-state index in [4.69, 9.17) is 4.52 Å². The van der Waals surface area contributed by atoms with Crippen molar-refractivity contribution in [1.82, 2.24) is 14.9 Å². The van der Waals surface area contributed by atoms with Gasteiger partial charge in [0.25, 0.3) is 0 Å². The molecule has 0 amide bonds. The van der Waals surface area contributed by atoms with Gasteiger partial charge in [0.1, 0.15) is 12.0 Å². The third-order valence-electron chi connectivity index (χ3n) is 1.69. The number of aromatic nitrogens is 3. The zero-order valence-electron chi connectivity index (χ0n) is 6.77. The predicted molar refractivity (Wildman–Crippen MR) is 43.4 cm³/mol. The first kappa shape index (κ1) is 7.09. The van der Waals surface area contributed by atoms with Gasteiger partial charge in [0.2, 0.25) is 0 Å². The molecular weight excluding hydrogens is 154 g/mol. The van der Waals surface area contributed by atoms with Crippen LogP contribution in [0.1, 0.15) is 6.92 Å². The van der Waals surface area contributed by atoms with Crippen LogP contribution in [-0.2, 0) is 6.54 Å². The fourth-order valence-electron chi connectivity index (χ4n) is 1.03. The van der Waals surface area contributed by atoms with Crippen LogP contribution >= 0.6 is 0 Å². The highest BCUT2D eigenvalue weighted by molar-refractivity contribution is 5.55. The van der Waals surface area contributed by atoms with E-state index in [0.29, 0.717) is 0 Å². The maximum atomic E-state index is 4.72. The van der Waals surface area contributed by atoms with Crippen LogP contribution in [0.15, 0.2) is 29.2 Å². The number of aryl methyl sites for hydroxylation is 1. The third kappa shape index (κ3) is 1.11. The fraction of sp³-hybridized carbons (Fsp3) is 0.250. The maximum Gasteiger partial charge on any atom is 0.124 e. The second-order valence-electron chi connectivity index (χ2n) is 2.47. The third-order valence-corrected chi connectivity index (χ3v) is 1.69. The summed E-state index contributed by atoms with van der Waals surface area (Å²) in [5.74, 6) is 0. The molecule has 2 aromatic heterocycles. The molecule has 0 radical (unpaired) electrons. The van der Waals surface area contributed by atoms with Crippen LogP contribution in [0.3, 0.4) is 0 Å². The maximum absolute atomic E-state index is 4.72. The molecule has 0 N–H and O–H groups in total. The number of rotatable bonds is 2. The average molecular weight is 163 g/mol. The molecule has 2 aromatic rings. The minimum Gasteiger partial charge on any atom is -0.364 e. The molecule has 0 unspecified atom stereocenters. The number of hydrogen-bond acceptors (Lipinski definition) is 3. The van der Waals surface area contributed by atoms with Crippen molar-refractivity contribution in [1.29, 1.82) is 0 Å². The summed E-state index contributed by atoms with van der Waals surface area (Å²) in [5.41, 5.74) is 1.82. The van der Waals surface area contributed by atoms with Crippen molar-refractivity contribution in [3.05, 3.63) is 24.7 Å². The molecule has 4 nitrogen and oxygen atoms in total. The molecule has 0 aliphatic heterocycles. The van der Waals surface area contributed by atoms with Gasteiger partial charge in [-0.15, -0.1) is 0 Å². The Hall–Kier alpha value is -1.58. The Morgan fingerprint density at radius 2 is 2.50 bits per heavy atom. The van der Waals surface area contributed by atoms with Gasteiger partial charge in [-0.1, -0.05) is 5.16 Å². The summed E-state index contributed by atoms with van der Waals surface area (Å²) in [6, 6.07) is 1.82. The Morgan fingerprint density at radius 3 is 3.08 bits per heavy atom. The van der Waals surface area contributed by atoms with E-state index in [9.17, 15) is 0 Å². The van der Waals surface area contributed by atoms with Crippen molar-refractivity contribution in [2.75, 3.05) is 0 Å². The highest BCUT2D eigenvalue weighted by atomic mass is 16.5. The van der Waals surface area contributed by atoms with E-state index >= 15 is 0 Å². The van der Waals surface area contributed by atoms with Crippen molar-refractivity contribution in [3.8, 4) is 11.3 Å². The average Bonchev–Trinajstić information content (AvgIpc) is 2.75. The molecular formula is C8H9N3O. The van der Waals surface area contributed by atoms with Gasteiger partial charge >= 0.3 is 0 Å². The van der Waals surface area contributed by atoms with Crippen molar-refractivity contribution in [2.45, 2.75) is 13.5 Å². The summed E-state index contributed by atoms with van der Waals surface area (Å²) in [6.07, 6.45) is 5.28. The first-order chi connectivity index (χ1) is 5.90. The second-order valence-corrected chi connectivity index (χ2v) is 2.47. The van der Waals surface area contributed by atoms with Crippen LogP contribution in [0, 0.1) is 0 Å². The van der Waals surface area contributed by atoms with Crippen LogP contribution in [0.4, 0.5) is 0 Å². The van der Waals surface area contributed by atoms with E-state index in [1.807, 2.05) is 23.9 Å². The van der Waals surface area contributed by atoms with Gasteiger partial charge in [0.15, 0.2) is 0 Å². The summed E-state index contributed by atoms with van der Waals surface area (Å²) in [6.45, 7) is 2.91. The molecule has 0 aliphatic rings. The van der Waals surface area contributed by atoms with Gasteiger partial charge in [-0.25, -0.2) is 0 Å². The largest absolute Gasteiger partial charge is 0.364 e. The lowest BCUT2D eigenvalue weighted by Gasteiger charge is -1.89. The van der Waals surface area contributed by atoms with Crippen molar-refractivity contribution in [3.63, 3.8) is 0 Å². The van der Waals surface area contributed by atoms with Gasteiger partial charge in [-0.05, 0) is 6.92 Å². The van der Waals surface area contributed by atoms with Crippen LogP contribution in [0.25, 0.3) is 11.3 Å². The summed E-state index contributed by atoms with van der Waals surface area (Å²) in [5, 5.41) is 7.93. The van der Waals surface area contributed by atoms with Crippen LogP contribution in [0.5, 0.6) is 0 Å². The molecule has 0 saturated carbocycles. The molecule has 2 heterocycles. The van der Waals surface area contributed by atoms with E-state index in [0.717, 1.165) is 17.8 Å². The number of hydrogen-bond donors (Lipinski definition) is 0. The highest BCUT2D eigenvalue weighted by Crippen LogP contribution is 2.14. The molecule has 0 atom stereocenters. The summed E-state index contributed by atoms with van der Waals surface area (Å²) >= 11 is 0. The smallest absolute Gasteiger partial charge is 0.124 e. The SMILES string of the molecule is CCn1cc(-c2ccon2)cn1. The Bertz CT molecular complexity index is 350. The molecule has 0 aromatic carbocycles. The lowest BCUT2D eigenvalue weighted by atomic mass is 10.3. The Balaban J connectivity index is 2.35. The van der Waals surface area contributed by atoms with Crippen LogP contribution < -0.4 is 0 Å². The molecule has 0 spiro atoms. The fourth-order valence-corrected chi connectivity index (χ4v) is 1.03. The quantitative estimate of drug-likeness (QED) is 0.674. The van der Waals surface area contributed by atoms with Gasteiger partial charge < -0.3 is 4.52 Å².